The number of rotatable bonds is 8. The molecule has 0 spiro atoms. The van der Waals surface area contributed by atoms with Crippen LogP contribution in [0, 0.1) is 5.92 Å². The van der Waals surface area contributed by atoms with Gasteiger partial charge in [-0.3, -0.25) is 4.90 Å². The molecule has 1 saturated carbocycles. The zero-order valence-electron chi connectivity index (χ0n) is 17.8. The number of nitrogens with one attached hydrogen (secondary N) is 1. The van der Waals surface area contributed by atoms with E-state index in [-0.39, 0.29) is 0 Å². The smallest absolute Gasteiger partial charge is 0.335 e. The van der Waals surface area contributed by atoms with Gasteiger partial charge in [0.15, 0.2) is 0 Å². The lowest BCUT2D eigenvalue weighted by Crippen LogP contribution is -2.43. The number of nitrogens with zero attached hydrogens (tertiary/aromatic N) is 1. The van der Waals surface area contributed by atoms with Crippen molar-refractivity contribution in [3.63, 3.8) is 0 Å². The molecule has 4 rings (SSSR count). The van der Waals surface area contributed by atoms with Gasteiger partial charge in [-0.2, -0.15) is 0 Å². The molecule has 2 aromatic carbocycles. The topological polar surface area (TPSA) is 52.6 Å². The molecule has 1 saturated heterocycles. The van der Waals surface area contributed by atoms with Gasteiger partial charge in [-0.1, -0.05) is 61.0 Å². The maximum Gasteiger partial charge on any atom is 0.335 e. The third-order valence-electron chi connectivity index (χ3n) is 6.47. The predicted octanol–water partition coefficient (Wildman–Crippen LogP) is 4.82. The van der Waals surface area contributed by atoms with Crippen molar-refractivity contribution < 1.29 is 9.90 Å². The van der Waals surface area contributed by atoms with Gasteiger partial charge in [0.1, 0.15) is 0 Å². The molecule has 0 aromatic heterocycles. The van der Waals surface area contributed by atoms with E-state index in [0.717, 1.165) is 26.1 Å². The van der Waals surface area contributed by atoms with E-state index >= 15 is 0 Å². The molecule has 2 atom stereocenters. The van der Waals surface area contributed by atoms with Crippen molar-refractivity contribution in [1.82, 2.24) is 10.2 Å². The van der Waals surface area contributed by atoms with Crippen LogP contribution in [-0.2, 0) is 6.54 Å². The number of likely N-dealkylation sites (tertiary alicyclic amines) is 1. The molecular weight excluding hydrogens is 372 g/mol. The van der Waals surface area contributed by atoms with Gasteiger partial charge in [-0.15, -0.1) is 0 Å². The molecule has 2 aromatic rings. The summed E-state index contributed by atoms with van der Waals surface area (Å²) in [6, 6.07) is 19.2. The Kier molecular flexibility index (Phi) is 6.66. The molecule has 0 unspecified atom stereocenters. The fourth-order valence-electron chi connectivity index (χ4n) is 4.60. The van der Waals surface area contributed by atoms with Crippen LogP contribution in [0.25, 0.3) is 6.08 Å². The number of hydrogen-bond donors (Lipinski definition) is 2. The third kappa shape index (κ3) is 5.38. The fourth-order valence-corrected chi connectivity index (χ4v) is 4.60. The Bertz CT molecular complexity index is 868. The van der Waals surface area contributed by atoms with Crippen LogP contribution in [0.3, 0.4) is 0 Å². The quantitative estimate of drug-likeness (QED) is 0.662. The normalized spacial score (nSPS) is 22.8. The molecule has 30 heavy (non-hydrogen) atoms. The van der Waals surface area contributed by atoms with Crippen molar-refractivity contribution >= 4 is 12.0 Å². The Morgan fingerprint density at radius 2 is 1.80 bits per heavy atom. The minimum Gasteiger partial charge on any atom is -0.478 e. The summed E-state index contributed by atoms with van der Waals surface area (Å²) in [5.41, 5.74) is 4.42. The first-order valence-electron chi connectivity index (χ1n) is 11.2. The summed E-state index contributed by atoms with van der Waals surface area (Å²) >= 11 is 0. The first-order valence-corrected chi connectivity index (χ1v) is 11.2. The maximum atomic E-state index is 11.0. The minimum absolute atomic E-state index is 0.355. The van der Waals surface area contributed by atoms with Crippen LogP contribution >= 0.6 is 0 Å². The van der Waals surface area contributed by atoms with E-state index in [1.54, 1.807) is 17.7 Å². The van der Waals surface area contributed by atoms with E-state index in [2.05, 4.69) is 53.5 Å². The van der Waals surface area contributed by atoms with Gasteiger partial charge in [0.05, 0.1) is 5.56 Å². The molecule has 4 nitrogen and oxygen atoms in total. The van der Waals surface area contributed by atoms with Gasteiger partial charge in [-0.05, 0) is 68.0 Å². The Morgan fingerprint density at radius 1 is 1.10 bits per heavy atom. The van der Waals surface area contributed by atoms with Crippen molar-refractivity contribution in [2.75, 3.05) is 13.1 Å². The van der Waals surface area contributed by atoms with Gasteiger partial charge in [0, 0.05) is 18.6 Å². The molecule has 1 heterocycles. The Labute approximate surface area is 179 Å². The second-order valence-corrected chi connectivity index (χ2v) is 8.65. The van der Waals surface area contributed by atoms with Crippen LogP contribution in [0.4, 0.5) is 0 Å². The lowest BCUT2D eigenvalue weighted by Gasteiger charge is -2.32. The number of piperidine rings is 1. The largest absolute Gasteiger partial charge is 0.478 e. The molecule has 0 amide bonds. The molecule has 2 N–H and O–H groups in total. The summed E-state index contributed by atoms with van der Waals surface area (Å²) in [6.45, 7) is 5.36. The Balaban J connectivity index is 1.23. The molecule has 2 fully saturated rings. The minimum atomic E-state index is -0.864. The van der Waals surface area contributed by atoms with Crippen molar-refractivity contribution in [2.24, 2.45) is 5.92 Å². The molecule has 0 radical (unpaired) electrons. The second kappa shape index (κ2) is 9.59. The fraction of sp³-hybridized carbons (Fsp3) is 0.423. The highest BCUT2D eigenvalue weighted by Gasteiger charge is 2.40. The first-order chi connectivity index (χ1) is 14.6. The summed E-state index contributed by atoms with van der Waals surface area (Å²) in [4.78, 5) is 13.5. The molecule has 158 valence electrons. The zero-order chi connectivity index (χ0) is 20.9. The molecule has 1 aliphatic carbocycles. The number of carboxylic acids is 1. The first kappa shape index (κ1) is 20.8. The van der Waals surface area contributed by atoms with Gasteiger partial charge in [0.2, 0.25) is 0 Å². The third-order valence-corrected chi connectivity index (χ3v) is 6.47. The van der Waals surface area contributed by atoms with Crippen molar-refractivity contribution in [1.29, 1.82) is 0 Å². The summed E-state index contributed by atoms with van der Waals surface area (Å²) in [7, 11) is 0. The van der Waals surface area contributed by atoms with Crippen molar-refractivity contribution in [3.05, 3.63) is 76.9 Å². The molecular formula is C26H32N2O2. The molecule has 1 aliphatic heterocycles. The van der Waals surface area contributed by atoms with Crippen LogP contribution in [0.2, 0.25) is 0 Å². The zero-order valence-corrected chi connectivity index (χ0v) is 17.8. The predicted molar refractivity (Wildman–Crippen MR) is 121 cm³/mol. The Hall–Kier alpha value is -2.43. The van der Waals surface area contributed by atoms with Crippen molar-refractivity contribution in [3.8, 4) is 0 Å². The SMILES string of the molecule is CC/C(=C\c1ccccc1)[C@@H]1C[C@H]1NC1CCN(Cc2ccc(C(=O)O)cc2)CC1. The number of aromatic carboxylic acids is 1. The van der Waals surface area contributed by atoms with Gasteiger partial charge < -0.3 is 10.4 Å². The summed E-state index contributed by atoms with van der Waals surface area (Å²) < 4.78 is 0. The van der Waals surface area contributed by atoms with Crippen LogP contribution < -0.4 is 5.32 Å². The van der Waals surface area contributed by atoms with E-state index < -0.39 is 5.97 Å². The van der Waals surface area contributed by atoms with Gasteiger partial charge in [-0.25, -0.2) is 4.79 Å². The number of hydrogen-bond acceptors (Lipinski definition) is 3. The highest BCUT2D eigenvalue weighted by molar-refractivity contribution is 5.87. The summed E-state index contributed by atoms with van der Waals surface area (Å²) in [5, 5.41) is 12.9. The van der Waals surface area contributed by atoms with Crippen LogP contribution in [-0.4, -0.2) is 41.1 Å². The summed E-state index contributed by atoms with van der Waals surface area (Å²) in [6.07, 6.45) is 7.13. The average Bonchev–Trinajstić information content (AvgIpc) is 3.53. The highest BCUT2D eigenvalue weighted by Crippen LogP contribution is 2.40. The van der Waals surface area contributed by atoms with Crippen LogP contribution in [0.15, 0.2) is 60.2 Å². The second-order valence-electron chi connectivity index (χ2n) is 8.65. The monoisotopic (exact) mass is 404 g/mol. The van der Waals surface area contributed by atoms with Crippen LogP contribution in [0.5, 0.6) is 0 Å². The number of benzene rings is 2. The highest BCUT2D eigenvalue weighted by atomic mass is 16.4. The Morgan fingerprint density at radius 3 is 2.43 bits per heavy atom. The standard InChI is InChI=1S/C26H32N2O2/c1-2-21(16-19-6-4-3-5-7-19)24-17-25(24)27-23-12-14-28(15-13-23)18-20-8-10-22(11-9-20)26(29)30/h3-11,16,23-25,27H,2,12-15,17-18H2,1H3,(H,29,30)/b21-16+/t24-,25+/m0/s1. The van der Waals surface area contributed by atoms with Gasteiger partial charge >= 0.3 is 5.97 Å². The molecule has 0 bridgehead atoms. The molecule has 2 aliphatic rings. The van der Waals surface area contributed by atoms with E-state index in [9.17, 15) is 4.79 Å². The number of carboxylic acid groups (broad SMARTS) is 1. The van der Waals surface area contributed by atoms with E-state index in [1.165, 1.54) is 30.4 Å². The van der Waals surface area contributed by atoms with Crippen LogP contribution in [0.1, 0.15) is 54.1 Å². The van der Waals surface area contributed by atoms with Crippen molar-refractivity contribution in [2.45, 2.75) is 51.2 Å². The summed E-state index contributed by atoms with van der Waals surface area (Å²) in [5.74, 6) is -0.169. The lowest BCUT2D eigenvalue weighted by atomic mass is 10.0. The lowest BCUT2D eigenvalue weighted by molar-refractivity contribution is 0.0697. The maximum absolute atomic E-state index is 11.0. The average molecular weight is 405 g/mol. The molecule has 4 heteroatoms. The van der Waals surface area contributed by atoms with E-state index in [0.29, 0.717) is 23.6 Å². The van der Waals surface area contributed by atoms with E-state index in [4.69, 9.17) is 5.11 Å². The number of carbonyl (C=O) groups is 1. The van der Waals surface area contributed by atoms with E-state index in [1.807, 2.05) is 12.1 Å². The van der Waals surface area contributed by atoms with Gasteiger partial charge in [0.25, 0.3) is 0 Å².